The van der Waals surface area contributed by atoms with Gasteiger partial charge in [-0.3, -0.25) is 0 Å². The number of aromatic nitrogens is 1. The van der Waals surface area contributed by atoms with E-state index in [1.54, 1.807) is 6.07 Å². The van der Waals surface area contributed by atoms with E-state index in [4.69, 9.17) is 11.0 Å². The van der Waals surface area contributed by atoms with Crippen LogP contribution in [0.4, 0.5) is 4.39 Å². The molecule has 0 amide bonds. The lowest BCUT2D eigenvalue weighted by Gasteiger charge is -2.12. The first-order valence-corrected chi connectivity index (χ1v) is 6.18. The summed E-state index contributed by atoms with van der Waals surface area (Å²) in [6.07, 6.45) is 2.64. The van der Waals surface area contributed by atoms with Gasteiger partial charge in [0, 0.05) is 29.9 Å². The molecule has 2 rings (SSSR count). The van der Waals surface area contributed by atoms with E-state index in [1.807, 2.05) is 35.9 Å². The molecule has 1 aromatic heterocycles. The Hall–Kier alpha value is -2.12. The van der Waals surface area contributed by atoms with E-state index in [0.717, 1.165) is 12.1 Å². The lowest BCUT2D eigenvalue weighted by atomic mass is 10.1. The maximum Gasteiger partial charge on any atom is 0.128 e. The minimum Gasteiger partial charge on any atom is -0.347 e. The van der Waals surface area contributed by atoms with Gasteiger partial charge in [-0.2, -0.15) is 5.26 Å². The Morgan fingerprint density at radius 2 is 2.21 bits per heavy atom. The molecule has 1 heterocycles. The molecule has 2 N–H and O–H groups in total. The zero-order valence-electron chi connectivity index (χ0n) is 10.8. The molecule has 0 spiro atoms. The fourth-order valence-electron chi connectivity index (χ4n) is 2.07. The predicted molar refractivity (Wildman–Crippen MR) is 72.0 cm³/mol. The molecular formula is C15H16FN3. The molecule has 0 bridgehead atoms. The van der Waals surface area contributed by atoms with Gasteiger partial charge in [0.2, 0.25) is 0 Å². The number of nitrogens with zero attached hydrogens (tertiary/aromatic N) is 2. The molecule has 0 fully saturated rings. The topological polar surface area (TPSA) is 54.7 Å². The van der Waals surface area contributed by atoms with Crippen molar-refractivity contribution in [1.29, 1.82) is 5.26 Å². The highest BCUT2D eigenvalue weighted by atomic mass is 19.1. The quantitative estimate of drug-likeness (QED) is 0.914. The van der Waals surface area contributed by atoms with Gasteiger partial charge in [0.05, 0.1) is 18.2 Å². The normalized spacial score (nSPS) is 12.1. The van der Waals surface area contributed by atoms with E-state index in [2.05, 4.69) is 0 Å². The summed E-state index contributed by atoms with van der Waals surface area (Å²) in [5, 5.41) is 8.86. The van der Waals surface area contributed by atoms with Gasteiger partial charge in [-0.25, -0.2) is 4.39 Å². The highest BCUT2D eigenvalue weighted by molar-refractivity contribution is 5.34. The standard InChI is InChI=1S/C15H16FN3/c1-11(18)7-14-3-2-6-19(14)10-13-8-12(9-17)4-5-15(13)16/h2-6,8,11H,7,10,18H2,1H3. The van der Waals surface area contributed by atoms with Crippen molar-refractivity contribution in [2.75, 3.05) is 0 Å². The van der Waals surface area contributed by atoms with Crippen LogP contribution in [0.1, 0.15) is 23.7 Å². The number of rotatable bonds is 4. The van der Waals surface area contributed by atoms with E-state index in [0.29, 0.717) is 17.7 Å². The van der Waals surface area contributed by atoms with Crippen molar-refractivity contribution >= 4 is 0 Å². The van der Waals surface area contributed by atoms with Crippen LogP contribution in [0.5, 0.6) is 0 Å². The van der Waals surface area contributed by atoms with E-state index in [1.165, 1.54) is 12.1 Å². The van der Waals surface area contributed by atoms with Crippen LogP contribution < -0.4 is 5.73 Å². The molecule has 3 nitrogen and oxygen atoms in total. The number of halogens is 1. The van der Waals surface area contributed by atoms with Gasteiger partial charge < -0.3 is 10.3 Å². The van der Waals surface area contributed by atoms with Gasteiger partial charge in [-0.05, 0) is 37.3 Å². The lowest BCUT2D eigenvalue weighted by molar-refractivity contribution is 0.591. The second-order valence-corrected chi connectivity index (χ2v) is 4.73. The molecule has 0 saturated heterocycles. The van der Waals surface area contributed by atoms with Crippen molar-refractivity contribution in [3.8, 4) is 6.07 Å². The van der Waals surface area contributed by atoms with Crippen molar-refractivity contribution in [3.05, 3.63) is 59.2 Å². The van der Waals surface area contributed by atoms with E-state index in [-0.39, 0.29) is 11.9 Å². The minimum absolute atomic E-state index is 0.0592. The van der Waals surface area contributed by atoms with E-state index >= 15 is 0 Å². The number of benzene rings is 1. The summed E-state index contributed by atoms with van der Waals surface area (Å²) in [5.41, 5.74) is 7.84. The van der Waals surface area contributed by atoms with Crippen LogP contribution in [-0.2, 0) is 13.0 Å². The molecule has 1 atom stereocenters. The van der Waals surface area contributed by atoms with Crippen LogP contribution in [0.15, 0.2) is 36.5 Å². The summed E-state index contributed by atoms with van der Waals surface area (Å²) in [6.45, 7) is 2.35. The maximum absolute atomic E-state index is 13.7. The Morgan fingerprint density at radius 3 is 2.89 bits per heavy atom. The van der Waals surface area contributed by atoms with Crippen LogP contribution in [0.25, 0.3) is 0 Å². The Labute approximate surface area is 112 Å². The molecule has 2 aromatic rings. The zero-order valence-corrected chi connectivity index (χ0v) is 10.8. The van der Waals surface area contributed by atoms with Gasteiger partial charge in [0.25, 0.3) is 0 Å². The molecule has 0 aliphatic carbocycles. The van der Waals surface area contributed by atoms with Crippen molar-refractivity contribution in [2.24, 2.45) is 5.73 Å². The highest BCUT2D eigenvalue weighted by Crippen LogP contribution is 2.14. The summed E-state index contributed by atoms with van der Waals surface area (Å²) in [6, 6.07) is 10.4. The first-order chi connectivity index (χ1) is 9.10. The third-order valence-corrected chi connectivity index (χ3v) is 2.97. The van der Waals surface area contributed by atoms with Crippen molar-refractivity contribution in [1.82, 2.24) is 4.57 Å². The highest BCUT2D eigenvalue weighted by Gasteiger charge is 2.08. The number of hydrogen-bond donors (Lipinski definition) is 1. The maximum atomic E-state index is 13.7. The molecule has 98 valence electrons. The summed E-state index contributed by atoms with van der Waals surface area (Å²) in [7, 11) is 0. The Balaban J connectivity index is 2.26. The smallest absolute Gasteiger partial charge is 0.128 e. The summed E-state index contributed by atoms with van der Waals surface area (Å²) in [5.74, 6) is -0.292. The molecule has 19 heavy (non-hydrogen) atoms. The molecule has 0 saturated carbocycles. The molecule has 1 unspecified atom stereocenters. The van der Waals surface area contributed by atoms with Crippen molar-refractivity contribution in [3.63, 3.8) is 0 Å². The largest absolute Gasteiger partial charge is 0.347 e. The van der Waals surface area contributed by atoms with Gasteiger partial charge >= 0.3 is 0 Å². The zero-order chi connectivity index (χ0) is 13.8. The predicted octanol–water partition coefficient (Wildman–Crippen LogP) is 2.44. The lowest BCUT2D eigenvalue weighted by Crippen LogP contribution is -2.20. The summed E-state index contributed by atoms with van der Waals surface area (Å²) >= 11 is 0. The first kappa shape index (κ1) is 13.3. The average Bonchev–Trinajstić information content (AvgIpc) is 2.78. The Morgan fingerprint density at radius 1 is 1.42 bits per heavy atom. The molecule has 0 aliphatic rings. The average molecular weight is 257 g/mol. The second-order valence-electron chi connectivity index (χ2n) is 4.73. The fraction of sp³-hybridized carbons (Fsp3) is 0.267. The van der Waals surface area contributed by atoms with Crippen LogP contribution in [0.3, 0.4) is 0 Å². The third kappa shape index (κ3) is 3.21. The van der Waals surface area contributed by atoms with Crippen LogP contribution in [0, 0.1) is 17.1 Å². The molecule has 0 radical (unpaired) electrons. The van der Waals surface area contributed by atoms with Crippen molar-refractivity contribution < 1.29 is 4.39 Å². The van der Waals surface area contributed by atoms with Gasteiger partial charge in [-0.1, -0.05) is 0 Å². The molecule has 4 heteroatoms. The fourth-order valence-corrected chi connectivity index (χ4v) is 2.07. The van der Waals surface area contributed by atoms with Gasteiger partial charge in [-0.15, -0.1) is 0 Å². The molecular weight excluding hydrogens is 241 g/mol. The summed E-state index contributed by atoms with van der Waals surface area (Å²) in [4.78, 5) is 0. The third-order valence-electron chi connectivity index (χ3n) is 2.97. The monoisotopic (exact) mass is 257 g/mol. The Bertz CT molecular complexity index is 608. The van der Waals surface area contributed by atoms with Crippen molar-refractivity contribution in [2.45, 2.75) is 25.9 Å². The first-order valence-electron chi connectivity index (χ1n) is 6.18. The minimum atomic E-state index is -0.292. The van der Waals surface area contributed by atoms with Gasteiger partial charge in [0.1, 0.15) is 5.82 Å². The molecule has 0 aliphatic heterocycles. The van der Waals surface area contributed by atoms with Crippen LogP contribution in [-0.4, -0.2) is 10.6 Å². The van der Waals surface area contributed by atoms with E-state index in [9.17, 15) is 4.39 Å². The number of nitriles is 1. The van der Waals surface area contributed by atoms with Gasteiger partial charge in [0.15, 0.2) is 0 Å². The van der Waals surface area contributed by atoms with E-state index < -0.39 is 0 Å². The molecule has 1 aromatic carbocycles. The Kier molecular flexibility index (Phi) is 3.98. The van der Waals surface area contributed by atoms with Crippen LogP contribution in [0.2, 0.25) is 0 Å². The second kappa shape index (κ2) is 5.68. The van der Waals surface area contributed by atoms with Crippen LogP contribution >= 0.6 is 0 Å². The number of nitrogens with two attached hydrogens (primary N) is 1. The SMILES string of the molecule is CC(N)Cc1cccn1Cc1cc(C#N)ccc1F. The number of hydrogen-bond acceptors (Lipinski definition) is 2. The summed E-state index contributed by atoms with van der Waals surface area (Å²) < 4.78 is 15.7.